The number of carbonyl (C=O) groups excluding carboxylic acids is 3. The minimum absolute atomic E-state index is 0.0772. The molecule has 10 nitrogen and oxygen atoms in total. The number of nitrogens with zero attached hydrogens (tertiary/aromatic N) is 4. The first kappa shape index (κ1) is 30.3. The lowest BCUT2D eigenvalue weighted by Gasteiger charge is -2.16. The molecule has 0 spiro atoms. The van der Waals surface area contributed by atoms with Gasteiger partial charge in [0.2, 0.25) is 0 Å². The van der Waals surface area contributed by atoms with E-state index >= 15 is 0 Å². The van der Waals surface area contributed by atoms with Crippen molar-refractivity contribution in [3.05, 3.63) is 36.4 Å². The Morgan fingerprint density at radius 2 is 1.21 bits per heavy atom. The maximum absolute atomic E-state index is 12.5. The normalized spacial score (nSPS) is 20.8. The van der Waals surface area contributed by atoms with Gasteiger partial charge < -0.3 is 23.3 Å². The van der Waals surface area contributed by atoms with Gasteiger partial charge in [-0.2, -0.15) is 0 Å². The van der Waals surface area contributed by atoms with Gasteiger partial charge in [-0.3, -0.25) is 14.4 Å². The first-order valence-corrected chi connectivity index (χ1v) is 16.0. The number of rotatable bonds is 9. The molecule has 4 saturated carbocycles. The Morgan fingerprint density at radius 1 is 0.714 bits per heavy atom. The zero-order chi connectivity index (χ0) is 29.3. The van der Waals surface area contributed by atoms with Crippen LogP contribution in [-0.2, 0) is 35.0 Å². The van der Waals surface area contributed by atoms with E-state index in [0.29, 0.717) is 24.2 Å². The predicted octanol–water partition coefficient (Wildman–Crippen LogP) is 5.77. The molecule has 6 rings (SSSR count). The van der Waals surface area contributed by atoms with Crippen LogP contribution < -0.4 is 0 Å². The molecule has 0 radical (unpaired) electrons. The lowest BCUT2D eigenvalue weighted by Crippen LogP contribution is -2.28. The Hall–Kier alpha value is -3.17. The van der Waals surface area contributed by atoms with Crippen LogP contribution in [0.25, 0.3) is 0 Å². The van der Waals surface area contributed by atoms with Crippen molar-refractivity contribution in [3.63, 3.8) is 0 Å². The standard InChI is InChI=1S/C17H24N2O4.C15H22N2O2/c1-22-16(20)15(17(21)23-13-8-4-5-9-13)14-10-19(11-18-14)12-6-2-3-7-12;18-15(19-14-7-3-4-8-14)9-12-10-17(11-16-12)13-5-1-2-6-13/h10-13,15H,2-9H2,1H3;10-11,13-14H,1-9H2. The molecule has 42 heavy (non-hydrogen) atoms. The van der Waals surface area contributed by atoms with E-state index in [2.05, 4.69) is 14.5 Å². The van der Waals surface area contributed by atoms with E-state index in [0.717, 1.165) is 57.1 Å². The summed E-state index contributed by atoms with van der Waals surface area (Å²) < 4.78 is 19.9. The Kier molecular flexibility index (Phi) is 10.7. The highest BCUT2D eigenvalue weighted by atomic mass is 16.6. The fourth-order valence-corrected chi connectivity index (χ4v) is 6.85. The SMILES string of the molecule is COC(=O)C(C(=O)OC1CCCC1)c1cn(C2CCCC2)cn1.O=C(Cc1cn(C2CCCC2)cn1)OC1CCCC1. The fraction of sp³-hybridized carbons (Fsp3) is 0.719. The second-order valence-corrected chi connectivity index (χ2v) is 12.3. The molecule has 1 atom stereocenters. The van der Waals surface area contributed by atoms with Gasteiger partial charge in [-0.1, -0.05) is 25.7 Å². The lowest BCUT2D eigenvalue weighted by molar-refractivity contribution is -0.159. The molecule has 0 saturated heterocycles. The van der Waals surface area contributed by atoms with Gasteiger partial charge >= 0.3 is 17.9 Å². The molecule has 0 amide bonds. The first-order chi connectivity index (χ1) is 20.5. The molecule has 0 N–H and O–H groups in total. The van der Waals surface area contributed by atoms with Gasteiger partial charge in [0.1, 0.15) is 12.2 Å². The molecule has 0 aromatic carbocycles. The van der Waals surface area contributed by atoms with Gasteiger partial charge in [-0.05, 0) is 77.0 Å². The number of aromatic nitrogens is 4. The first-order valence-electron chi connectivity index (χ1n) is 16.0. The minimum atomic E-state index is -1.08. The molecule has 10 heteroatoms. The minimum Gasteiger partial charge on any atom is -0.468 e. The number of imidazole rings is 2. The highest BCUT2D eigenvalue weighted by molar-refractivity contribution is 6.00. The maximum Gasteiger partial charge on any atom is 0.326 e. The summed E-state index contributed by atoms with van der Waals surface area (Å²) >= 11 is 0. The third-order valence-corrected chi connectivity index (χ3v) is 9.25. The van der Waals surface area contributed by atoms with Crippen molar-refractivity contribution in [3.8, 4) is 0 Å². The van der Waals surface area contributed by atoms with Gasteiger partial charge in [0.05, 0.1) is 37.6 Å². The summed E-state index contributed by atoms with van der Waals surface area (Å²) in [6.45, 7) is 0. The van der Waals surface area contributed by atoms with Crippen molar-refractivity contribution >= 4 is 17.9 Å². The van der Waals surface area contributed by atoms with Crippen molar-refractivity contribution in [1.29, 1.82) is 0 Å². The van der Waals surface area contributed by atoms with Gasteiger partial charge in [0.15, 0.2) is 5.92 Å². The van der Waals surface area contributed by atoms with Gasteiger partial charge in [0.25, 0.3) is 0 Å². The van der Waals surface area contributed by atoms with Crippen LogP contribution in [0.5, 0.6) is 0 Å². The Bertz CT molecular complexity index is 1170. The van der Waals surface area contributed by atoms with Crippen molar-refractivity contribution < 1.29 is 28.6 Å². The third kappa shape index (κ3) is 8.01. The van der Waals surface area contributed by atoms with E-state index in [4.69, 9.17) is 14.2 Å². The molecule has 4 aliphatic rings. The van der Waals surface area contributed by atoms with Crippen LogP contribution in [-0.4, -0.2) is 56.3 Å². The van der Waals surface area contributed by atoms with Gasteiger partial charge in [0, 0.05) is 24.5 Å². The molecule has 230 valence electrons. The van der Waals surface area contributed by atoms with E-state index in [-0.39, 0.29) is 18.2 Å². The fourth-order valence-electron chi connectivity index (χ4n) is 6.85. The van der Waals surface area contributed by atoms with Crippen LogP contribution in [0.3, 0.4) is 0 Å². The van der Waals surface area contributed by atoms with E-state index in [1.165, 1.54) is 58.5 Å². The average molecular weight is 583 g/mol. The van der Waals surface area contributed by atoms with Gasteiger partial charge in [-0.25, -0.2) is 9.97 Å². The van der Waals surface area contributed by atoms with Crippen LogP contribution in [0.1, 0.15) is 132 Å². The lowest BCUT2D eigenvalue weighted by atomic mass is 10.1. The van der Waals surface area contributed by atoms with Crippen molar-refractivity contribution in [2.75, 3.05) is 7.11 Å². The molecular weight excluding hydrogens is 536 g/mol. The van der Waals surface area contributed by atoms with Crippen LogP contribution in [0.2, 0.25) is 0 Å². The Balaban J connectivity index is 0.000000171. The predicted molar refractivity (Wildman–Crippen MR) is 155 cm³/mol. The second-order valence-electron chi connectivity index (χ2n) is 12.3. The summed E-state index contributed by atoms with van der Waals surface area (Å²) in [7, 11) is 1.28. The number of esters is 3. The molecule has 0 aliphatic heterocycles. The van der Waals surface area contributed by atoms with E-state index < -0.39 is 17.9 Å². The zero-order valence-corrected chi connectivity index (χ0v) is 25.0. The number of methoxy groups -OCH3 is 1. The summed E-state index contributed by atoms with van der Waals surface area (Å²) in [5.74, 6) is -2.35. The smallest absolute Gasteiger partial charge is 0.326 e. The Morgan fingerprint density at radius 3 is 1.79 bits per heavy atom. The second kappa shape index (κ2) is 14.8. The van der Waals surface area contributed by atoms with E-state index in [1.54, 1.807) is 12.5 Å². The quantitative estimate of drug-likeness (QED) is 0.208. The van der Waals surface area contributed by atoms with E-state index in [1.807, 2.05) is 17.1 Å². The topological polar surface area (TPSA) is 115 Å². The van der Waals surface area contributed by atoms with Crippen molar-refractivity contribution in [1.82, 2.24) is 19.1 Å². The average Bonchev–Trinajstić information content (AvgIpc) is 3.82. The Labute approximate surface area is 248 Å². The van der Waals surface area contributed by atoms with Crippen LogP contribution >= 0.6 is 0 Å². The largest absolute Gasteiger partial charge is 0.468 e. The molecule has 1 unspecified atom stereocenters. The van der Waals surface area contributed by atoms with Crippen LogP contribution in [0.15, 0.2) is 25.0 Å². The molecule has 0 bridgehead atoms. The summed E-state index contributed by atoms with van der Waals surface area (Å²) in [4.78, 5) is 45.0. The molecule has 4 aliphatic carbocycles. The summed E-state index contributed by atoms with van der Waals surface area (Å²) in [6, 6.07) is 1.01. The highest BCUT2D eigenvalue weighted by Gasteiger charge is 2.36. The molecule has 2 heterocycles. The summed E-state index contributed by atoms with van der Waals surface area (Å²) in [5.41, 5.74) is 1.27. The summed E-state index contributed by atoms with van der Waals surface area (Å²) in [5, 5.41) is 0. The monoisotopic (exact) mass is 582 g/mol. The van der Waals surface area contributed by atoms with Crippen LogP contribution in [0, 0.1) is 0 Å². The molecule has 2 aromatic rings. The molecular formula is C32H46N4O6. The number of carbonyl (C=O) groups is 3. The number of ether oxygens (including phenoxy) is 3. The number of hydrogen-bond donors (Lipinski definition) is 0. The third-order valence-electron chi connectivity index (χ3n) is 9.25. The molecule has 4 fully saturated rings. The highest BCUT2D eigenvalue weighted by Crippen LogP contribution is 2.32. The van der Waals surface area contributed by atoms with Crippen LogP contribution in [0.4, 0.5) is 0 Å². The summed E-state index contributed by atoms with van der Waals surface area (Å²) in [6.07, 6.45) is 25.9. The number of hydrogen-bond acceptors (Lipinski definition) is 8. The van der Waals surface area contributed by atoms with E-state index in [9.17, 15) is 14.4 Å². The van der Waals surface area contributed by atoms with Crippen molar-refractivity contribution in [2.24, 2.45) is 0 Å². The van der Waals surface area contributed by atoms with Crippen molar-refractivity contribution in [2.45, 2.75) is 139 Å². The molecule has 2 aromatic heterocycles. The zero-order valence-electron chi connectivity index (χ0n) is 25.0. The van der Waals surface area contributed by atoms with Gasteiger partial charge in [-0.15, -0.1) is 0 Å². The maximum atomic E-state index is 12.5.